The van der Waals surface area contributed by atoms with E-state index in [0.717, 1.165) is 23.3 Å². The molecular formula is C19H17F3N2OS. The Bertz CT molecular complexity index is 849. The van der Waals surface area contributed by atoms with Crippen molar-refractivity contribution < 1.29 is 18.0 Å². The first-order valence-corrected chi connectivity index (χ1v) is 9.05. The third-order valence-corrected chi connectivity index (χ3v) is 5.02. The molecule has 7 heteroatoms. The lowest BCUT2D eigenvalue weighted by Crippen LogP contribution is -2.33. The van der Waals surface area contributed by atoms with E-state index in [9.17, 15) is 18.0 Å². The first-order chi connectivity index (χ1) is 12.3. The van der Waals surface area contributed by atoms with Crippen LogP contribution in [0.15, 0.2) is 53.5 Å². The number of rotatable bonds is 3. The van der Waals surface area contributed by atoms with Crippen LogP contribution in [-0.2, 0) is 11.9 Å². The number of amides is 1. The van der Waals surface area contributed by atoms with Gasteiger partial charge in [0.15, 0.2) is 5.17 Å². The lowest BCUT2D eigenvalue weighted by atomic mass is 10.1. The molecule has 0 radical (unpaired) electrons. The Kier molecular flexibility index (Phi) is 5.36. The van der Waals surface area contributed by atoms with E-state index in [-0.39, 0.29) is 5.56 Å². The minimum absolute atomic E-state index is 0.0191. The molecule has 3 nitrogen and oxygen atoms in total. The molecule has 0 saturated heterocycles. The van der Waals surface area contributed by atoms with Gasteiger partial charge in [-0.25, -0.2) is 0 Å². The van der Waals surface area contributed by atoms with Crippen molar-refractivity contribution in [1.29, 1.82) is 0 Å². The van der Waals surface area contributed by atoms with E-state index in [2.05, 4.69) is 11.1 Å². The molecule has 1 heterocycles. The second kappa shape index (κ2) is 7.53. The van der Waals surface area contributed by atoms with E-state index in [1.165, 1.54) is 28.8 Å². The molecule has 0 aromatic heterocycles. The van der Waals surface area contributed by atoms with Crippen molar-refractivity contribution in [3.05, 3.63) is 70.8 Å². The maximum Gasteiger partial charge on any atom is 0.416 e. The van der Waals surface area contributed by atoms with Gasteiger partial charge in [-0.1, -0.05) is 47.7 Å². The second-order valence-electron chi connectivity index (χ2n) is 5.98. The molecule has 0 spiro atoms. The molecule has 1 aliphatic heterocycles. The van der Waals surface area contributed by atoms with Crippen LogP contribution in [0.1, 0.15) is 27.0 Å². The number of nitrogens with zero attached hydrogens (tertiary/aromatic N) is 2. The molecule has 0 aliphatic carbocycles. The fraction of sp³-hybridized carbons (Fsp3) is 0.263. The number of thioether (sulfide) groups is 1. The van der Waals surface area contributed by atoms with Crippen molar-refractivity contribution in [2.24, 2.45) is 4.99 Å². The smallest absolute Gasteiger partial charge is 0.286 e. The number of alkyl halides is 3. The number of aryl methyl sites for hydroxylation is 1. The number of carbonyl (C=O) groups excluding carboxylic acids is 1. The van der Waals surface area contributed by atoms with E-state index in [1.54, 1.807) is 0 Å². The van der Waals surface area contributed by atoms with Gasteiger partial charge in [0.1, 0.15) is 0 Å². The van der Waals surface area contributed by atoms with Gasteiger partial charge in [0.25, 0.3) is 5.91 Å². The van der Waals surface area contributed by atoms with Crippen LogP contribution in [0.5, 0.6) is 0 Å². The van der Waals surface area contributed by atoms with Crippen LogP contribution in [-0.4, -0.2) is 29.1 Å². The van der Waals surface area contributed by atoms with Gasteiger partial charge in [-0.15, -0.1) is 0 Å². The van der Waals surface area contributed by atoms with Crippen molar-refractivity contribution >= 4 is 22.8 Å². The highest BCUT2D eigenvalue weighted by Crippen LogP contribution is 2.30. The van der Waals surface area contributed by atoms with Crippen LogP contribution in [0, 0.1) is 6.92 Å². The minimum Gasteiger partial charge on any atom is -0.286 e. The topological polar surface area (TPSA) is 32.7 Å². The first-order valence-electron chi connectivity index (χ1n) is 8.06. The summed E-state index contributed by atoms with van der Waals surface area (Å²) < 4.78 is 38.6. The highest BCUT2D eigenvalue weighted by Gasteiger charge is 2.32. The van der Waals surface area contributed by atoms with Crippen LogP contribution < -0.4 is 0 Å². The summed E-state index contributed by atoms with van der Waals surface area (Å²) in [4.78, 5) is 18.5. The Labute approximate surface area is 153 Å². The summed E-state index contributed by atoms with van der Waals surface area (Å²) in [6, 6.07) is 12.5. The fourth-order valence-corrected chi connectivity index (χ4v) is 3.66. The molecule has 0 bridgehead atoms. The van der Waals surface area contributed by atoms with E-state index >= 15 is 0 Å². The monoisotopic (exact) mass is 378 g/mol. The molecule has 0 saturated carbocycles. The molecule has 0 unspecified atom stereocenters. The zero-order valence-corrected chi connectivity index (χ0v) is 14.9. The van der Waals surface area contributed by atoms with Crippen LogP contribution >= 0.6 is 11.8 Å². The van der Waals surface area contributed by atoms with Crippen LogP contribution in [0.4, 0.5) is 13.2 Å². The second-order valence-corrected chi connectivity index (χ2v) is 6.92. The maximum absolute atomic E-state index is 12.9. The summed E-state index contributed by atoms with van der Waals surface area (Å²) in [5, 5.41) is 0.550. The number of carbonyl (C=O) groups is 1. The van der Waals surface area contributed by atoms with E-state index < -0.39 is 17.6 Å². The van der Waals surface area contributed by atoms with Gasteiger partial charge in [-0.2, -0.15) is 13.2 Å². The van der Waals surface area contributed by atoms with Gasteiger partial charge in [0.05, 0.1) is 12.1 Å². The Morgan fingerprint density at radius 3 is 2.69 bits per heavy atom. The molecule has 2 aromatic carbocycles. The van der Waals surface area contributed by atoms with Crippen molar-refractivity contribution in [2.75, 3.05) is 13.1 Å². The highest BCUT2D eigenvalue weighted by atomic mass is 32.2. The predicted octanol–water partition coefficient (Wildman–Crippen LogP) is 4.76. The zero-order chi connectivity index (χ0) is 18.7. The molecule has 0 fully saturated rings. The Balaban J connectivity index is 1.72. The highest BCUT2D eigenvalue weighted by molar-refractivity contribution is 8.13. The summed E-state index contributed by atoms with van der Waals surface area (Å²) >= 11 is 1.42. The molecule has 0 atom stereocenters. The molecule has 3 rings (SSSR count). The summed E-state index contributed by atoms with van der Waals surface area (Å²) in [5.41, 5.74) is 1.45. The minimum atomic E-state index is -4.47. The molecule has 26 heavy (non-hydrogen) atoms. The van der Waals surface area contributed by atoms with Gasteiger partial charge in [0, 0.05) is 17.9 Å². The SMILES string of the molecule is Cc1cccc(CSC2=NCCN2C(=O)c2cccc(C(F)(F)F)c2)c1. The fourth-order valence-electron chi connectivity index (χ4n) is 2.67. The van der Waals surface area contributed by atoms with Crippen LogP contribution in [0.3, 0.4) is 0 Å². The molecule has 136 valence electrons. The van der Waals surface area contributed by atoms with Crippen molar-refractivity contribution in [3.8, 4) is 0 Å². The number of hydrogen-bond acceptors (Lipinski definition) is 3. The third-order valence-electron chi connectivity index (χ3n) is 3.93. The average molecular weight is 378 g/mol. The summed E-state index contributed by atoms with van der Waals surface area (Å²) in [7, 11) is 0. The lowest BCUT2D eigenvalue weighted by molar-refractivity contribution is -0.137. The number of amidine groups is 1. The van der Waals surface area contributed by atoms with Crippen molar-refractivity contribution in [2.45, 2.75) is 18.9 Å². The molecular weight excluding hydrogens is 361 g/mol. The number of halogens is 3. The molecule has 1 aliphatic rings. The van der Waals surface area contributed by atoms with Gasteiger partial charge in [0.2, 0.25) is 0 Å². The average Bonchev–Trinajstić information content (AvgIpc) is 3.07. The molecule has 1 amide bonds. The Morgan fingerprint density at radius 2 is 1.96 bits per heavy atom. The number of aliphatic imine (C=N–C) groups is 1. The van der Waals surface area contributed by atoms with E-state index in [1.807, 2.05) is 25.1 Å². The van der Waals surface area contributed by atoms with Crippen LogP contribution in [0.25, 0.3) is 0 Å². The van der Waals surface area contributed by atoms with E-state index in [4.69, 9.17) is 0 Å². The predicted molar refractivity (Wildman–Crippen MR) is 97.3 cm³/mol. The number of hydrogen-bond donors (Lipinski definition) is 0. The first kappa shape index (κ1) is 18.5. The van der Waals surface area contributed by atoms with E-state index in [0.29, 0.717) is 24.0 Å². The summed E-state index contributed by atoms with van der Waals surface area (Å²) in [5.74, 6) is 0.191. The Morgan fingerprint density at radius 1 is 1.19 bits per heavy atom. The number of benzene rings is 2. The standard InChI is InChI=1S/C19H17F3N2OS/c1-13-4-2-5-14(10-13)12-26-18-23-8-9-24(18)17(25)15-6-3-7-16(11-15)19(20,21)22/h2-7,10-11H,8-9,12H2,1H3. The van der Waals surface area contributed by atoms with Crippen molar-refractivity contribution in [3.63, 3.8) is 0 Å². The summed E-state index contributed by atoms with van der Waals surface area (Å²) in [6.45, 7) is 2.84. The Hall–Kier alpha value is -2.28. The summed E-state index contributed by atoms with van der Waals surface area (Å²) in [6.07, 6.45) is -4.47. The quantitative estimate of drug-likeness (QED) is 0.772. The van der Waals surface area contributed by atoms with Gasteiger partial charge in [-0.05, 0) is 30.7 Å². The lowest BCUT2D eigenvalue weighted by Gasteiger charge is -2.18. The maximum atomic E-state index is 12.9. The normalized spacial score (nSPS) is 14.5. The zero-order valence-electron chi connectivity index (χ0n) is 14.1. The van der Waals surface area contributed by atoms with Crippen LogP contribution in [0.2, 0.25) is 0 Å². The van der Waals surface area contributed by atoms with Gasteiger partial charge >= 0.3 is 6.18 Å². The van der Waals surface area contributed by atoms with Crippen molar-refractivity contribution in [1.82, 2.24) is 4.90 Å². The van der Waals surface area contributed by atoms with Gasteiger partial charge in [-0.3, -0.25) is 14.7 Å². The van der Waals surface area contributed by atoms with Gasteiger partial charge < -0.3 is 0 Å². The largest absolute Gasteiger partial charge is 0.416 e. The molecule has 0 N–H and O–H groups in total. The third kappa shape index (κ3) is 4.27. The molecule has 2 aromatic rings.